The van der Waals surface area contributed by atoms with E-state index in [9.17, 15) is 67.7 Å². The van der Waals surface area contributed by atoms with Gasteiger partial charge < -0.3 is 63.1 Å². The second kappa shape index (κ2) is 24.3. The van der Waals surface area contributed by atoms with Gasteiger partial charge in [0, 0.05) is 80.7 Å². The number of hydrogen-bond acceptors (Lipinski definition) is 17. The third-order valence-electron chi connectivity index (χ3n) is 13.9. The minimum Gasteiger partial charge on any atom is -0.481 e. The van der Waals surface area contributed by atoms with E-state index in [-0.39, 0.29) is 29.0 Å². The van der Waals surface area contributed by atoms with E-state index in [1.54, 1.807) is 128 Å². The molecule has 2 heterocycles. The molecule has 24 heteroatoms. The molecule has 6 aromatic carbocycles. The minimum absolute atomic E-state index is 0.231. The Morgan fingerprint density at radius 3 is 0.976 bits per heavy atom. The van der Waals surface area contributed by atoms with E-state index in [0.717, 1.165) is 12.6 Å². The van der Waals surface area contributed by atoms with Gasteiger partial charge >= 0.3 is 35.8 Å². The van der Waals surface area contributed by atoms with Crippen LogP contribution in [0, 0.1) is 47.3 Å². The Bertz CT molecular complexity index is 3390. The maximum Gasteiger partial charge on any atom is 0.318 e. The number of nitrogens with two attached hydrogens (primary N) is 2. The molecule has 24 nitrogen and oxygen atoms in total. The molecule has 5 amide bonds. The van der Waals surface area contributed by atoms with E-state index in [0.29, 0.717) is 50.8 Å². The number of nitrogens with one attached hydrogen (secondary N) is 6. The highest BCUT2D eigenvalue weighted by atomic mass is 16.6. The van der Waals surface area contributed by atoms with Crippen molar-refractivity contribution in [1.82, 2.24) is 0 Å². The van der Waals surface area contributed by atoms with Gasteiger partial charge in [0.25, 0.3) is 23.6 Å². The molecule has 2 saturated heterocycles. The molecule has 4 aliphatic rings. The molecule has 418 valence electrons. The highest BCUT2D eigenvalue weighted by molar-refractivity contribution is 6.11. The maximum absolute atomic E-state index is 12.8. The van der Waals surface area contributed by atoms with Gasteiger partial charge in [-0.1, -0.05) is 12.1 Å². The number of carboxylic acids is 2. The van der Waals surface area contributed by atoms with Crippen molar-refractivity contribution in [2.75, 3.05) is 50.4 Å². The van der Waals surface area contributed by atoms with Crippen LogP contribution >= 0.6 is 0 Å². The Labute approximate surface area is 464 Å². The maximum atomic E-state index is 12.8. The van der Waals surface area contributed by atoms with Gasteiger partial charge in [-0.3, -0.25) is 57.5 Å². The molecule has 0 bridgehead atoms. The average Bonchev–Trinajstić information content (AvgIpc) is 3.89. The first-order chi connectivity index (χ1) is 39.1. The number of aliphatic carboxylic acids is 2. The normalized spacial score (nSPS) is 20.5. The molecular weight excluding hydrogens is 1060 g/mol. The number of anilines is 8. The van der Waals surface area contributed by atoms with Crippen molar-refractivity contribution >= 4 is 117 Å². The summed E-state index contributed by atoms with van der Waals surface area (Å²) in [6, 6.07) is 39.4. The summed E-state index contributed by atoms with van der Waals surface area (Å²) >= 11 is 0. The number of carbonyl (C=O) groups excluding carboxylic acids is 10. The van der Waals surface area contributed by atoms with Crippen molar-refractivity contribution in [3.8, 4) is 0 Å². The second-order valence-corrected chi connectivity index (χ2v) is 19.1. The zero-order valence-corrected chi connectivity index (χ0v) is 43.2. The summed E-state index contributed by atoms with van der Waals surface area (Å²) in [6.45, 7) is 1.12. The van der Waals surface area contributed by atoms with Crippen LogP contribution in [0.5, 0.6) is 0 Å². The average molecular weight is 1120 g/mol. The van der Waals surface area contributed by atoms with E-state index < -0.39 is 101 Å². The second-order valence-electron chi connectivity index (χ2n) is 19.1. The van der Waals surface area contributed by atoms with Crippen LogP contribution in [0.3, 0.4) is 0 Å². The van der Waals surface area contributed by atoms with Crippen molar-refractivity contribution in [2.45, 2.75) is 6.92 Å². The third-order valence-corrected chi connectivity index (χ3v) is 13.9. The summed E-state index contributed by atoms with van der Waals surface area (Å²) in [5, 5.41) is 35.4. The Balaban J connectivity index is 0.000000184. The number of rotatable bonds is 14. The van der Waals surface area contributed by atoms with Crippen LogP contribution in [0.2, 0.25) is 0 Å². The number of cyclic esters (lactones) is 4. The van der Waals surface area contributed by atoms with Crippen molar-refractivity contribution in [3.05, 3.63) is 168 Å². The van der Waals surface area contributed by atoms with Gasteiger partial charge in [-0.05, 0) is 140 Å². The summed E-state index contributed by atoms with van der Waals surface area (Å²) in [6.07, 6.45) is 0. The number of Topliss-reactive ketones (excluding diaryl/α,β-unsaturated/α-hetero) is 1. The number of amides is 5. The number of ether oxygens (including phenoxy) is 2. The quantitative estimate of drug-likeness (QED) is 0.0371. The molecule has 4 atom stereocenters. The number of nitrogen functional groups attached to an aromatic ring is 2. The smallest absolute Gasteiger partial charge is 0.318 e. The molecule has 82 heavy (non-hydrogen) atoms. The number of hydrogen-bond donors (Lipinski definition) is 10. The summed E-state index contributed by atoms with van der Waals surface area (Å²) in [5.41, 5.74) is 17.3. The Kier molecular flexibility index (Phi) is 16.9. The number of fused-ring (bicyclic) bond motifs is 4. The third kappa shape index (κ3) is 12.6. The summed E-state index contributed by atoms with van der Waals surface area (Å²) < 4.78 is 8.69. The summed E-state index contributed by atoms with van der Waals surface area (Å²) in [7, 11) is 1.78. The number of carboxylic acid groups (broad SMARTS) is 2. The van der Waals surface area contributed by atoms with Crippen molar-refractivity contribution in [3.63, 3.8) is 0 Å². The first-order valence-electron chi connectivity index (χ1n) is 24.9. The molecule has 2 aliphatic heterocycles. The van der Waals surface area contributed by atoms with Crippen molar-refractivity contribution in [1.29, 1.82) is 0 Å². The van der Waals surface area contributed by atoms with Crippen LogP contribution < -0.4 is 43.4 Å². The van der Waals surface area contributed by atoms with E-state index in [2.05, 4.69) is 41.4 Å². The Morgan fingerprint density at radius 1 is 0.390 bits per heavy atom. The number of esters is 4. The fraction of sp³-hybridized carbons (Fsp3) is 0.172. The molecule has 0 spiro atoms. The topological polar surface area (TPSA) is 388 Å². The summed E-state index contributed by atoms with van der Waals surface area (Å²) in [5.74, 6) is -17.2. The van der Waals surface area contributed by atoms with Gasteiger partial charge in [-0.2, -0.15) is 0 Å². The monoisotopic (exact) mass is 1110 g/mol. The number of benzene rings is 6. The van der Waals surface area contributed by atoms with Crippen LogP contribution in [-0.2, 0) is 47.8 Å². The largest absolute Gasteiger partial charge is 0.481 e. The molecule has 12 N–H and O–H groups in total. The lowest BCUT2D eigenvalue weighted by Crippen LogP contribution is -2.60. The molecule has 6 aromatic rings. The van der Waals surface area contributed by atoms with Crippen LogP contribution in [0.15, 0.2) is 146 Å². The van der Waals surface area contributed by atoms with Gasteiger partial charge in [-0.15, -0.1) is 0 Å². The van der Waals surface area contributed by atoms with Crippen LogP contribution in [0.4, 0.5) is 45.5 Å². The molecule has 2 saturated carbocycles. The molecule has 4 unspecified atom stereocenters. The Morgan fingerprint density at radius 2 is 0.683 bits per heavy atom. The molecule has 2 aliphatic carbocycles. The fourth-order valence-corrected chi connectivity index (χ4v) is 9.74. The minimum atomic E-state index is -1.54. The molecule has 10 rings (SSSR count). The lowest BCUT2D eigenvalue weighted by Gasteiger charge is -2.45. The predicted octanol–water partition coefficient (Wildman–Crippen LogP) is 5.40. The van der Waals surface area contributed by atoms with Crippen molar-refractivity contribution < 1.29 is 77.2 Å². The van der Waals surface area contributed by atoms with E-state index >= 15 is 0 Å². The molecular formula is C58H50N8O16. The fourth-order valence-electron chi connectivity index (χ4n) is 9.74. The zero-order chi connectivity index (χ0) is 59.1. The molecule has 4 fully saturated rings. The first-order valence-corrected chi connectivity index (χ1v) is 24.9. The lowest BCUT2D eigenvalue weighted by atomic mass is 9.55. The van der Waals surface area contributed by atoms with Gasteiger partial charge in [0.05, 0.1) is 41.4 Å². The van der Waals surface area contributed by atoms with Crippen LogP contribution in [-0.4, -0.2) is 88.4 Å². The zero-order valence-electron chi connectivity index (χ0n) is 43.2. The highest BCUT2D eigenvalue weighted by Gasteiger charge is 2.73. The standard InChI is InChI=1S/C30H28N4O8.C20H18N4O2.C8H4O6/c1-15(35)22-23(25(30(41)42)24(22)29(39)40)28(38)32-19-12-8-17(9-13-19)27(37)34-21-5-3-4-20(14-21)33-26(36)16-6-10-18(31-2)11-7-16;21-15-8-4-13(5-9-15)19(25)23-17-2-1-3-18(12-17)24-20(26)14-6-10-16(22)11-7-14;9-5-1-2(6(10)13-5)4-3(1)7(11)14-8(4)12/h3-14,22-25,31H,1-2H3,(H,32,38)(H,33,36)(H,34,37)(H,39,40)(H,41,42);1-12H,21-22H2,(H,23,25)(H,24,26);1-4H. The lowest BCUT2D eigenvalue weighted by molar-refractivity contribution is -0.179. The van der Waals surface area contributed by atoms with Gasteiger partial charge in [-0.25, -0.2) is 0 Å². The summed E-state index contributed by atoms with van der Waals surface area (Å²) in [4.78, 5) is 142. The SMILES string of the molecule is CNc1ccc(C(=O)Nc2cccc(NC(=O)c3ccc(NC(=O)C4C(C(C)=O)C(C(=O)O)C4C(=O)O)cc3)c2)cc1.Nc1ccc(C(=O)Nc2cccc(NC(=O)c3ccc(N)cc3)c2)cc1.O=C1OC(=O)C2C1C1C(=O)OC(=O)C21. The predicted molar refractivity (Wildman–Crippen MR) is 294 cm³/mol. The first kappa shape index (κ1) is 57.1. The van der Waals surface area contributed by atoms with Gasteiger partial charge in [0.1, 0.15) is 5.78 Å². The van der Waals surface area contributed by atoms with Crippen molar-refractivity contribution in [2.24, 2.45) is 47.3 Å². The Hall–Kier alpha value is -11.0. The molecule has 0 aromatic heterocycles. The van der Waals surface area contributed by atoms with Gasteiger partial charge in [0.2, 0.25) is 5.91 Å². The highest BCUT2D eigenvalue weighted by Crippen LogP contribution is 2.55. The van der Waals surface area contributed by atoms with Gasteiger partial charge in [0.15, 0.2) is 0 Å². The van der Waals surface area contributed by atoms with E-state index in [4.69, 9.17) is 11.5 Å². The number of ketones is 1. The van der Waals surface area contributed by atoms with Crippen LogP contribution in [0.1, 0.15) is 48.4 Å². The van der Waals surface area contributed by atoms with E-state index in [1.807, 2.05) is 0 Å². The van der Waals surface area contributed by atoms with E-state index in [1.165, 1.54) is 24.3 Å². The molecule has 0 radical (unpaired) electrons. The van der Waals surface area contributed by atoms with Crippen LogP contribution in [0.25, 0.3) is 0 Å². The number of carbonyl (C=O) groups is 12.